The summed E-state index contributed by atoms with van der Waals surface area (Å²) in [6.07, 6.45) is -4.66. The largest absolute Gasteiger partial charge is 0.418 e. The second kappa shape index (κ2) is 9.05. The van der Waals surface area contributed by atoms with Gasteiger partial charge in [0.2, 0.25) is 0 Å². The van der Waals surface area contributed by atoms with Gasteiger partial charge in [0.1, 0.15) is 5.82 Å². The molecule has 32 heavy (non-hydrogen) atoms. The molecule has 0 aliphatic rings. The van der Waals surface area contributed by atoms with Gasteiger partial charge in [0.25, 0.3) is 15.9 Å². The molecule has 3 aromatic carbocycles. The summed E-state index contributed by atoms with van der Waals surface area (Å²) in [5, 5.41) is -0.130. The molecule has 3 N–H and O–H groups in total. The normalized spacial score (nSPS) is 11.7. The van der Waals surface area contributed by atoms with Crippen LogP contribution in [0.4, 0.5) is 28.9 Å². The molecule has 0 spiro atoms. The molecule has 3 rings (SSSR count). The minimum absolute atomic E-state index is 0.0813. The van der Waals surface area contributed by atoms with Gasteiger partial charge >= 0.3 is 6.18 Å². The molecular weight excluding hydrogens is 474 g/mol. The maximum Gasteiger partial charge on any atom is 0.418 e. The van der Waals surface area contributed by atoms with E-state index in [1.807, 2.05) is 0 Å². The molecule has 0 fully saturated rings. The molecule has 0 unspecified atom stereocenters. The van der Waals surface area contributed by atoms with Crippen molar-refractivity contribution in [3.63, 3.8) is 0 Å². The lowest BCUT2D eigenvalue weighted by Gasteiger charge is -2.15. The summed E-state index contributed by atoms with van der Waals surface area (Å²) < 4.78 is 79.6. The maximum absolute atomic E-state index is 13.1. The third-order valence-electron chi connectivity index (χ3n) is 4.13. The second-order valence-electron chi connectivity index (χ2n) is 6.38. The number of alkyl halides is 3. The van der Waals surface area contributed by atoms with Crippen molar-refractivity contribution < 1.29 is 30.8 Å². The summed E-state index contributed by atoms with van der Waals surface area (Å²) in [5.41, 5.74) is 2.60. The number of para-hydroxylation sites is 1. The van der Waals surface area contributed by atoms with Crippen molar-refractivity contribution in [2.75, 3.05) is 10.1 Å². The van der Waals surface area contributed by atoms with Crippen molar-refractivity contribution in [1.82, 2.24) is 5.43 Å². The molecule has 0 saturated heterocycles. The van der Waals surface area contributed by atoms with Gasteiger partial charge < -0.3 is 0 Å². The average Bonchev–Trinajstić information content (AvgIpc) is 2.73. The highest BCUT2D eigenvalue weighted by atomic mass is 35.5. The van der Waals surface area contributed by atoms with Crippen LogP contribution in [0.5, 0.6) is 0 Å². The van der Waals surface area contributed by atoms with E-state index >= 15 is 0 Å². The van der Waals surface area contributed by atoms with E-state index in [4.69, 9.17) is 11.6 Å². The second-order valence-corrected chi connectivity index (χ2v) is 8.47. The zero-order valence-corrected chi connectivity index (χ0v) is 17.4. The summed E-state index contributed by atoms with van der Waals surface area (Å²) in [4.78, 5) is 12.1. The molecule has 0 saturated carbocycles. The van der Waals surface area contributed by atoms with Gasteiger partial charge in [-0.15, -0.1) is 0 Å². The minimum atomic E-state index is -4.66. The van der Waals surface area contributed by atoms with Crippen molar-refractivity contribution in [2.45, 2.75) is 11.1 Å². The first-order valence-electron chi connectivity index (χ1n) is 8.78. The van der Waals surface area contributed by atoms with Gasteiger partial charge in [-0.05, 0) is 54.6 Å². The Bertz CT molecular complexity index is 1250. The number of carbonyl (C=O) groups excluding carboxylic acids is 1. The van der Waals surface area contributed by atoms with Crippen LogP contribution in [-0.2, 0) is 16.2 Å². The molecule has 3 aromatic rings. The number of halogens is 5. The van der Waals surface area contributed by atoms with Crippen LogP contribution in [0.2, 0.25) is 5.02 Å². The Kier molecular flexibility index (Phi) is 6.60. The number of rotatable bonds is 6. The van der Waals surface area contributed by atoms with Crippen LogP contribution in [-0.4, -0.2) is 14.3 Å². The molecule has 6 nitrogen and oxygen atoms in total. The van der Waals surface area contributed by atoms with Crippen molar-refractivity contribution >= 4 is 38.9 Å². The molecule has 1 amide bonds. The molecule has 0 aliphatic heterocycles. The number of anilines is 2. The predicted molar refractivity (Wildman–Crippen MR) is 111 cm³/mol. The molecule has 0 aromatic heterocycles. The van der Waals surface area contributed by atoms with Crippen LogP contribution in [0.15, 0.2) is 71.6 Å². The van der Waals surface area contributed by atoms with Crippen molar-refractivity contribution in [2.24, 2.45) is 0 Å². The van der Waals surface area contributed by atoms with Crippen LogP contribution >= 0.6 is 11.6 Å². The van der Waals surface area contributed by atoms with E-state index in [-0.39, 0.29) is 21.2 Å². The Labute approximate surface area is 185 Å². The molecule has 0 radical (unpaired) electrons. The van der Waals surface area contributed by atoms with E-state index in [1.54, 1.807) is 0 Å². The Morgan fingerprint density at radius 2 is 1.59 bits per heavy atom. The molecule has 12 heteroatoms. The first-order chi connectivity index (χ1) is 15.0. The Hall–Kier alpha value is -3.31. The quantitative estimate of drug-likeness (QED) is 0.335. The van der Waals surface area contributed by atoms with Gasteiger partial charge in [-0.2, -0.15) is 13.2 Å². The van der Waals surface area contributed by atoms with Gasteiger partial charge in [-0.25, -0.2) is 12.8 Å². The van der Waals surface area contributed by atoms with Crippen LogP contribution in [0.25, 0.3) is 0 Å². The van der Waals surface area contributed by atoms with E-state index in [1.165, 1.54) is 24.3 Å². The van der Waals surface area contributed by atoms with Crippen molar-refractivity contribution in [3.05, 3.63) is 88.7 Å². The Morgan fingerprint density at radius 1 is 0.938 bits per heavy atom. The van der Waals surface area contributed by atoms with E-state index in [0.717, 1.165) is 42.5 Å². The van der Waals surface area contributed by atoms with Crippen molar-refractivity contribution in [3.8, 4) is 0 Å². The van der Waals surface area contributed by atoms with E-state index in [9.17, 15) is 30.8 Å². The van der Waals surface area contributed by atoms with Crippen LogP contribution in [0, 0.1) is 5.82 Å². The van der Waals surface area contributed by atoms with Gasteiger partial charge in [-0.1, -0.05) is 23.7 Å². The number of amides is 1. The summed E-state index contributed by atoms with van der Waals surface area (Å²) in [5.74, 6) is -1.52. The van der Waals surface area contributed by atoms with Crippen molar-refractivity contribution in [1.29, 1.82) is 0 Å². The van der Waals surface area contributed by atoms with Gasteiger partial charge in [-0.3, -0.25) is 20.4 Å². The van der Waals surface area contributed by atoms with Gasteiger partial charge in [0, 0.05) is 5.69 Å². The zero-order chi connectivity index (χ0) is 23.5. The third-order valence-corrected chi connectivity index (χ3v) is 5.84. The first kappa shape index (κ1) is 23.4. The van der Waals surface area contributed by atoms with E-state index in [0.29, 0.717) is 0 Å². The number of carbonyl (C=O) groups is 1. The first-order valence-corrected chi connectivity index (χ1v) is 10.6. The SMILES string of the molecule is O=C(NNc1ccccc1C(F)(F)F)c1cc(S(=O)(=O)Nc2ccc(F)cc2)ccc1Cl. The summed E-state index contributed by atoms with van der Waals surface area (Å²) in [6, 6.07) is 12.2. The van der Waals surface area contributed by atoms with E-state index in [2.05, 4.69) is 15.6 Å². The molecular formula is C20H14ClF4N3O3S. The number of hydrazine groups is 1. The summed E-state index contributed by atoms with van der Waals surface area (Å²) in [7, 11) is -4.17. The lowest BCUT2D eigenvalue weighted by atomic mass is 10.2. The van der Waals surface area contributed by atoms with Crippen LogP contribution < -0.4 is 15.6 Å². The summed E-state index contributed by atoms with van der Waals surface area (Å²) in [6.45, 7) is 0. The van der Waals surface area contributed by atoms with Gasteiger partial charge in [0.05, 0.1) is 26.7 Å². The monoisotopic (exact) mass is 487 g/mol. The average molecular weight is 488 g/mol. The maximum atomic E-state index is 13.1. The number of hydrogen-bond acceptors (Lipinski definition) is 4. The standard InChI is InChI=1S/C20H14ClF4N3O3S/c21-17-10-9-14(32(30,31)28-13-7-5-12(22)6-8-13)11-15(17)19(29)27-26-18-4-2-1-3-16(18)20(23,24)25/h1-11,26,28H,(H,27,29). The lowest BCUT2D eigenvalue weighted by molar-refractivity contribution is -0.137. The Balaban J connectivity index is 1.81. The molecule has 0 atom stereocenters. The zero-order valence-electron chi connectivity index (χ0n) is 15.9. The number of nitrogens with one attached hydrogen (secondary N) is 3. The third kappa shape index (κ3) is 5.48. The fraction of sp³-hybridized carbons (Fsp3) is 0.0500. The lowest BCUT2D eigenvalue weighted by Crippen LogP contribution is -2.31. The van der Waals surface area contributed by atoms with E-state index < -0.39 is 39.2 Å². The number of sulfonamides is 1. The molecule has 168 valence electrons. The molecule has 0 heterocycles. The predicted octanol–water partition coefficient (Wildman–Crippen LogP) is 5.06. The molecule has 0 bridgehead atoms. The number of hydrogen-bond donors (Lipinski definition) is 3. The highest BCUT2D eigenvalue weighted by Gasteiger charge is 2.33. The summed E-state index contributed by atoms with van der Waals surface area (Å²) >= 11 is 5.98. The Morgan fingerprint density at radius 3 is 2.25 bits per heavy atom. The molecule has 0 aliphatic carbocycles. The topological polar surface area (TPSA) is 87.3 Å². The fourth-order valence-electron chi connectivity index (χ4n) is 2.61. The van der Waals surface area contributed by atoms with Crippen LogP contribution in [0.1, 0.15) is 15.9 Å². The fourth-order valence-corrected chi connectivity index (χ4v) is 3.90. The number of benzene rings is 3. The highest BCUT2D eigenvalue weighted by molar-refractivity contribution is 7.92. The van der Waals surface area contributed by atoms with Gasteiger partial charge in [0.15, 0.2) is 0 Å². The minimum Gasteiger partial charge on any atom is -0.298 e. The smallest absolute Gasteiger partial charge is 0.298 e. The van der Waals surface area contributed by atoms with Crippen LogP contribution in [0.3, 0.4) is 0 Å². The highest BCUT2D eigenvalue weighted by Crippen LogP contribution is 2.34.